The van der Waals surface area contributed by atoms with Gasteiger partial charge in [0, 0.05) is 23.4 Å². The van der Waals surface area contributed by atoms with Gasteiger partial charge in [-0.2, -0.15) is 5.10 Å². The molecule has 1 aromatic heterocycles. The first-order valence-electron chi connectivity index (χ1n) is 6.90. The molecular formula is C15H14N4O3. The maximum absolute atomic E-state index is 12.0. The Morgan fingerprint density at radius 2 is 1.82 bits per heavy atom. The van der Waals surface area contributed by atoms with Crippen LogP contribution >= 0.6 is 0 Å². The fourth-order valence-electron chi connectivity index (χ4n) is 1.93. The molecule has 7 nitrogen and oxygen atoms in total. The molecule has 3 rings (SSSR count). The van der Waals surface area contributed by atoms with Crippen molar-refractivity contribution >= 4 is 23.2 Å². The van der Waals surface area contributed by atoms with Gasteiger partial charge in [-0.3, -0.25) is 14.4 Å². The van der Waals surface area contributed by atoms with Crippen LogP contribution in [-0.2, 0) is 4.79 Å². The Labute approximate surface area is 125 Å². The third-order valence-electron chi connectivity index (χ3n) is 3.25. The molecule has 1 saturated carbocycles. The second-order valence-corrected chi connectivity index (χ2v) is 5.10. The molecule has 2 amide bonds. The van der Waals surface area contributed by atoms with Crippen molar-refractivity contribution in [3.63, 3.8) is 0 Å². The first kappa shape index (κ1) is 14.0. The van der Waals surface area contributed by atoms with Crippen molar-refractivity contribution in [1.29, 1.82) is 0 Å². The summed E-state index contributed by atoms with van der Waals surface area (Å²) < 4.78 is 0. The van der Waals surface area contributed by atoms with E-state index in [1.807, 2.05) is 0 Å². The second-order valence-electron chi connectivity index (χ2n) is 5.10. The van der Waals surface area contributed by atoms with E-state index in [-0.39, 0.29) is 23.1 Å². The standard InChI is InChI=1S/C15H14N4O3/c20-13-7-6-12(18-19-13)15(22)17-11-3-1-2-10(8-11)16-14(21)9-4-5-9/h1-3,6-9H,4-5H2,(H,16,21)(H,17,22)(H,19,20). The molecule has 0 unspecified atom stereocenters. The number of rotatable bonds is 4. The zero-order valence-corrected chi connectivity index (χ0v) is 11.6. The predicted octanol–water partition coefficient (Wildman–Crippen LogP) is 1.37. The summed E-state index contributed by atoms with van der Waals surface area (Å²) in [4.78, 5) is 34.6. The number of aromatic amines is 1. The van der Waals surface area contributed by atoms with E-state index in [0.717, 1.165) is 12.8 Å². The van der Waals surface area contributed by atoms with Gasteiger partial charge in [-0.15, -0.1) is 0 Å². The van der Waals surface area contributed by atoms with Crippen molar-refractivity contribution in [2.75, 3.05) is 10.6 Å². The quantitative estimate of drug-likeness (QED) is 0.793. The Hall–Kier alpha value is -2.96. The summed E-state index contributed by atoms with van der Waals surface area (Å²) in [6.45, 7) is 0. The number of hydrogen-bond acceptors (Lipinski definition) is 4. The number of nitrogens with zero attached hydrogens (tertiary/aromatic N) is 1. The molecule has 7 heteroatoms. The van der Waals surface area contributed by atoms with Crippen LogP contribution < -0.4 is 16.2 Å². The van der Waals surface area contributed by atoms with E-state index in [2.05, 4.69) is 20.8 Å². The summed E-state index contributed by atoms with van der Waals surface area (Å²) in [7, 11) is 0. The average Bonchev–Trinajstić information content (AvgIpc) is 3.33. The minimum Gasteiger partial charge on any atom is -0.326 e. The number of anilines is 2. The van der Waals surface area contributed by atoms with Gasteiger partial charge in [0.25, 0.3) is 11.5 Å². The molecule has 0 atom stereocenters. The molecule has 0 spiro atoms. The molecule has 1 heterocycles. The fourth-order valence-corrected chi connectivity index (χ4v) is 1.93. The molecule has 2 aromatic rings. The highest BCUT2D eigenvalue weighted by Crippen LogP contribution is 2.30. The third-order valence-corrected chi connectivity index (χ3v) is 3.25. The van der Waals surface area contributed by atoms with Crippen LogP contribution in [0.4, 0.5) is 11.4 Å². The minimum atomic E-state index is -0.443. The third kappa shape index (κ3) is 3.38. The Kier molecular flexibility index (Phi) is 3.69. The zero-order valence-electron chi connectivity index (χ0n) is 11.6. The van der Waals surface area contributed by atoms with Crippen molar-refractivity contribution < 1.29 is 9.59 Å². The summed E-state index contributed by atoms with van der Waals surface area (Å²) in [5.74, 6) is -0.323. The van der Waals surface area contributed by atoms with E-state index in [1.54, 1.807) is 24.3 Å². The Bertz CT molecular complexity index is 760. The zero-order chi connectivity index (χ0) is 15.5. The predicted molar refractivity (Wildman–Crippen MR) is 80.6 cm³/mol. The largest absolute Gasteiger partial charge is 0.326 e. The van der Waals surface area contributed by atoms with Gasteiger partial charge in [-0.25, -0.2) is 5.10 Å². The van der Waals surface area contributed by atoms with Gasteiger partial charge in [0.05, 0.1) is 0 Å². The molecule has 22 heavy (non-hydrogen) atoms. The number of H-pyrrole nitrogens is 1. The number of nitrogens with one attached hydrogen (secondary N) is 3. The number of aromatic nitrogens is 2. The molecule has 1 aliphatic rings. The molecule has 0 bridgehead atoms. The summed E-state index contributed by atoms with van der Waals surface area (Å²) in [6, 6.07) is 9.44. The highest BCUT2D eigenvalue weighted by Gasteiger charge is 2.29. The Morgan fingerprint density at radius 1 is 1.09 bits per heavy atom. The molecule has 0 saturated heterocycles. The van der Waals surface area contributed by atoms with Crippen LogP contribution in [-0.4, -0.2) is 22.0 Å². The number of benzene rings is 1. The topological polar surface area (TPSA) is 104 Å². The summed E-state index contributed by atoms with van der Waals surface area (Å²) >= 11 is 0. The average molecular weight is 298 g/mol. The number of hydrogen-bond donors (Lipinski definition) is 3. The molecule has 112 valence electrons. The molecule has 1 fully saturated rings. The van der Waals surface area contributed by atoms with E-state index >= 15 is 0 Å². The van der Waals surface area contributed by atoms with Crippen molar-refractivity contribution in [2.45, 2.75) is 12.8 Å². The Morgan fingerprint density at radius 3 is 2.45 bits per heavy atom. The van der Waals surface area contributed by atoms with Crippen molar-refractivity contribution in [1.82, 2.24) is 10.2 Å². The van der Waals surface area contributed by atoms with E-state index in [9.17, 15) is 14.4 Å². The lowest BCUT2D eigenvalue weighted by Gasteiger charge is -2.08. The van der Waals surface area contributed by atoms with Crippen molar-refractivity contribution in [3.05, 3.63) is 52.4 Å². The monoisotopic (exact) mass is 298 g/mol. The maximum atomic E-state index is 12.0. The lowest BCUT2D eigenvalue weighted by Crippen LogP contribution is -2.18. The number of carbonyl (C=O) groups is 2. The fraction of sp³-hybridized carbons (Fsp3) is 0.200. The van der Waals surface area contributed by atoms with Crippen LogP contribution in [0.2, 0.25) is 0 Å². The van der Waals surface area contributed by atoms with Crippen LogP contribution in [0.25, 0.3) is 0 Å². The lowest BCUT2D eigenvalue weighted by molar-refractivity contribution is -0.117. The van der Waals surface area contributed by atoms with Crippen LogP contribution in [0.3, 0.4) is 0 Å². The van der Waals surface area contributed by atoms with Gasteiger partial charge in [0.15, 0.2) is 0 Å². The Balaban J connectivity index is 1.69. The first-order valence-corrected chi connectivity index (χ1v) is 6.90. The molecule has 0 radical (unpaired) electrons. The van der Waals surface area contributed by atoms with Gasteiger partial charge in [0.2, 0.25) is 5.91 Å². The second kappa shape index (κ2) is 5.80. The van der Waals surface area contributed by atoms with E-state index < -0.39 is 5.91 Å². The van der Waals surface area contributed by atoms with Crippen molar-refractivity contribution in [3.8, 4) is 0 Å². The van der Waals surface area contributed by atoms with Gasteiger partial charge in [-0.1, -0.05) is 6.07 Å². The number of amides is 2. The minimum absolute atomic E-state index is 0.00535. The molecule has 1 aliphatic carbocycles. The van der Waals surface area contributed by atoms with Crippen LogP contribution in [0.1, 0.15) is 23.3 Å². The van der Waals surface area contributed by atoms with Gasteiger partial charge in [-0.05, 0) is 37.1 Å². The smallest absolute Gasteiger partial charge is 0.276 e. The van der Waals surface area contributed by atoms with Crippen LogP contribution in [0.15, 0.2) is 41.2 Å². The lowest BCUT2D eigenvalue weighted by atomic mass is 10.2. The SMILES string of the molecule is O=C(Nc1cccc(NC(=O)C2CC2)c1)c1ccc(=O)[nH]n1. The normalized spacial score (nSPS) is 13.5. The maximum Gasteiger partial charge on any atom is 0.276 e. The summed E-state index contributed by atoms with van der Waals surface area (Å²) in [5.41, 5.74) is 0.893. The highest BCUT2D eigenvalue weighted by atomic mass is 16.2. The summed E-state index contributed by atoms with van der Waals surface area (Å²) in [5, 5.41) is 11.3. The first-order chi connectivity index (χ1) is 10.6. The van der Waals surface area contributed by atoms with E-state index in [1.165, 1.54) is 12.1 Å². The van der Waals surface area contributed by atoms with Gasteiger partial charge < -0.3 is 10.6 Å². The molecule has 3 N–H and O–H groups in total. The van der Waals surface area contributed by atoms with Gasteiger partial charge in [0.1, 0.15) is 5.69 Å². The molecule has 0 aliphatic heterocycles. The van der Waals surface area contributed by atoms with Crippen LogP contribution in [0, 0.1) is 5.92 Å². The highest BCUT2D eigenvalue weighted by molar-refractivity contribution is 6.03. The van der Waals surface area contributed by atoms with Crippen molar-refractivity contribution in [2.24, 2.45) is 5.92 Å². The van der Waals surface area contributed by atoms with Gasteiger partial charge >= 0.3 is 0 Å². The summed E-state index contributed by atoms with van der Waals surface area (Å²) in [6.07, 6.45) is 1.86. The van der Waals surface area contributed by atoms with E-state index in [0.29, 0.717) is 11.4 Å². The van der Waals surface area contributed by atoms with Crippen LogP contribution in [0.5, 0.6) is 0 Å². The number of carbonyl (C=O) groups excluding carboxylic acids is 2. The molecule has 1 aromatic carbocycles. The molecular weight excluding hydrogens is 284 g/mol. The van der Waals surface area contributed by atoms with E-state index in [4.69, 9.17) is 0 Å².